The molecule has 0 spiro atoms. The third-order valence-electron chi connectivity index (χ3n) is 10.2. The van der Waals surface area contributed by atoms with Gasteiger partial charge in [-0.05, 0) is 122 Å². The quantitative estimate of drug-likeness (QED) is 0.0262. The summed E-state index contributed by atoms with van der Waals surface area (Å²) in [4.78, 5) is 37.9. The number of carbonyl (C=O) groups is 3. The van der Waals surface area contributed by atoms with Crippen LogP contribution in [0.1, 0.15) is 207 Å². The fourth-order valence-electron chi connectivity index (χ4n) is 6.34. The van der Waals surface area contributed by atoms with E-state index in [1.807, 2.05) is 0 Å². The molecule has 0 saturated heterocycles. The van der Waals surface area contributed by atoms with E-state index in [9.17, 15) is 14.4 Å². The van der Waals surface area contributed by atoms with Gasteiger partial charge in [-0.2, -0.15) is 0 Å². The third kappa shape index (κ3) is 48.8. The number of hydrogen-bond donors (Lipinski definition) is 0. The van der Waals surface area contributed by atoms with Crippen LogP contribution in [0.5, 0.6) is 0 Å². The van der Waals surface area contributed by atoms with Crippen molar-refractivity contribution in [1.82, 2.24) is 0 Å². The first-order valence-corrected chi connectivity index (χ1v) is 25.5. The van der Waals surface area contributed by atoms with E-state index in [0.717, 1.165) is 96.3 Å². The Balaban J connectivity index is 4.60. The molecule has 0 aliphatic rings. The summed E-state index contributed by atoms with van der Waals surface area (Å²) < 4.78 is 16.7. The average molecular weight is 885 g/mol. The second-order valence-electron chi connectivity index (χ2n) is 16.3. The number of carbonyl (C=O) groups excluding carboxylic acids is 3. The lowest BCUT2D eigenvalue weighted by Crippen LogP contribution is -2.30. The molecule has 6 nitrogen and oxygen atoms in total. The molecule has 0 N–H and O–H groups in total. The summed E-state index contributed by atoms with van der Waals surface area (Å²) in [7, 11) is 0. The highest BCUT2D eigenvalue weighted by molar-refractivity contribution is 5.71. The summed E-state index contributed by atoms with van der Waals surface area (Å²) in [6.45, 7) is 6.34. The Bertz CT molecular complexity index is 1390. The second-order valence-corrected chi connectivity index (χ2v) is 16.3. The molecule has 360 valence electrons. The summed E-state index contributed by atoms with van der Waals surface area (Å²) in [5, 5.41) is 0. The van der Waals surface area contributed by atoms with Gasteiger partial charge in [0, 0.05) is 19.3 Å². The minimum atomic E-state index is -0.835. The van der Waals surface area contributed by atoms with Gasteiger partial charge in [-0.25, -0.2) is 0 Å². The summed E-state index contributed by atoms with van der Waals surface area (Å²) in [5.41, 5.74) is 0. The molecule has 0 saturated carbocycles. The highest BCUT2D eigenvalue weighted by atomic mass is 16.6. The SMILES string of the molecule is CC/C=C\C/C=C\C/C=C\C/C=C\C/C=C\CCCC(=O)OC[C@@H](COC(=O)CCCCCCC/C=C\CCCCC)OC(=O)CCC/C=C\C/C=C\C/C=C\C/C=C\CCCCC. The molecule has 0 unspecified atom stereocenters. The van der Waals surface area contributed by atoms with Crippen LogP contribution in [0.2, 0.25) is 0 Å². The summed E-state index contributed by atoms with van der Waals surface area (Å²) in [6.07, 6.45) is 70.5. The largest absolute Gasteiger partial charge is 0.462 e. The minimum absolute atomic E-state index is 0.125. The first kappa shape index (κ1) is 59.8. The molecule has 1 atom stereocenters. The molecule has 0 aromatic carbocycles. The van der Waals surface area contributed by atoms with Crippen LogP contribution < -0.4 is 0 Å². The molecular weight excluding hydrogens is 793 g/mol. The Labute approximate surface area is 392 Å². The van der Waals surface area contributed by atoms with Gasteiger partial charge < -0.3 is 14.2 Å². The third-order valence-corrected chi connectivity index (χ3v) is 10.2. The van der Waals surface area contributed by atoms with Crippen molar-refractivity contribution in [2.24, 2.45) is 0 Å². The highest BCUT2D eigenvalue weighted by Crippen LogP contribution is 2.11. The minimum Gasteiger partial charge on any atom is -0.462 e. The molecule has 0 aliphatic heterocycles. The van der Waals surface area contributed by atoms with Crippen LogP contribution in [-0.4, -0.2) is 37.2 Å². The number of hydrogen-bond acceptors (Lipinski definition) is 6. The maximum absolute atomic E-state index is 12.8. The van der Waals surface area contributed by atoms with E-state index in [-0.39, 0.29) is 44.0 Å². The topological polar surface area (TPSA) is 78.9 Å². The van der Waals surface area contributed by atoms with Gasteiger partial charge >= 0.3 is 17.9 Å². The van der Waals surface area contributed by atoms with E-state index in [0.29, 0.717) is 19.3 Å². The van der Waals surface area contributed by atoms with E-state index in [1.54, 1.807) is 0 Å². The van der Waals surface area contributed by atoms with Gasteiger partial charge in [0.25, 0.3) is 0 Å². The van der Waals surface area contributed by atoms with Crippen LogP contribution in [-0.2, 0) is 28.6 Å². The number of ether oxygens (including phenoxy) is 3. The second kappa shape index (κ2) is 51.4. The number of esters is 3. The first-order chi connectivity index (χ1) is 31.5. The molecular formula is C58H92O6. The Kier molecular flexibility index (Phi) is 48.1. The van der Waals surface area contributed by atoms with Gasteiger partial charge in [-0.1, -0.05) is 187 Å². The van der Waals surface area contributed by atoms with Crippen LogP contribution >= 0.6 is 0 Å². The van der Waals surface area contributed by atoms with Crippen molar-refractivity contribution in [2.75, 3.05) is 13.2 Å². The lowest BCUT2D eigenvalue weighted by atomic mass is 10.1. The van der Waals surface area contributed by atoms with Gasteiger partial charge in [0.15, 0.2) is 6.10 Å². The lowest BCUT2D eigenvalue weighted by Gasteiger charge is -2.18. The smallest absolute Gasteiger partial charge is 0.306 e. The fourth-order valence-corrected chi connectivity index (χ4v) is 6.34. The highest BCUT2D eigenvalue weighted by Gasteiger charge is 2.19. The average Bonchev–Trinajstić information content (AvgIpc) is 3.29. The van der Waals surface area contributed by atoms with Crippen molar-refractivity contribution in [1.29, 1.82) is 0 Å². The van der Waals surface area contributed by atoms with Crippen LogP contribution in [0.3, 0.4) is 0 Å². The maximum Gasteiger partial charge on any atom is 0.306 e. The summed E-state index contributed by atoms with van der Waals surface area (Å²) in [5.74, 6) is -1.06. The van der Waals surface area contributed by atoms with Crippen LogP contribution in [0.4, 0.5) is 0 Å². The number of rotatable bonds is 44. The van der Waals surface area contributed by atoms with Gasteiger partial charge in [0.1, 0.15) is 13.2 Å². The maximum atomic E-state index is 12.8. The first-order valence-electron chi connectivity index (χ1n) is 25.5. The molecule has 0 bridgehead atoms. The molecule has 6 heteroatoms. The van der Waals surface area contributed by atoms with Crippen molar-refractivity contribution < 1.29 is 28.6 Å². The zero-order valence-electron chi connectivity index (χ0n) is 41.0. The van der Waals surface area contributed by atoms with Crippen LogP contribution in [0.25, 0.3) is 0 Å². The van der Waals surface area contributed by atoms with Crippen LogP contribution in [0, 0.1) is 0 Å². The molecule has 0 rings (SSSR count). The van der Waals surface area contributed by atoms with Gasteiger partial charge in [-0.3, -0.25) is 14.4 Å². The van der Waals surface area contributed by atoms with Gasteiger partial charge in [0.05, 0.1) is 0 Å². The monoisotopic (exact) mass is 885 g/mol. The van der Waals surface area contributed by atoms with E-state index < -0.39 is 6.10 Å². The zero-order chi connectivity index (χ0) is 46.5. The van der Waals surface area contributed by atoms with Crippen molar-refractivity contribution >= 4 is 17.9 Å². The molecule has 0 radical (unpaired) electrons. The molecule has 0 fully saturated rings. The molecule has 64 heavy (non-hydrogen) atoms. The fraction of sp³-hybridized carbons (Fsp3) is 0.603. The predicted molar refractivity (Wildman–Crippen MR) is 274 cm³/mol. The predicted octanol–water partition coefficient (Wildman–Crippen LogP) is 16.9. The summed E-state index contributed by atoms with van der Waals surface area (Å²) in [6, 6.07) is 0. The van der Waals surface area contributed by atoms with E-state index in [4.69, 9.17) is 14.2 Å². The lowest BCUT2D eigenvalue weighted by molar-refractivity contribution is -0.167. The standard InChI is InChI=1S/C58H92O6/c1-4-7-10-13-16-19-22-25-27-29-31-33-36-39-42-45-48-51-57(60)63-54-55(53-62-56(59)50-47-44-41-38-35-24-21-18-15-12-9-6-3)64-58(61)52-49-46-43-40-37-34-32-30-28-26-23-20-17-14-11-8-5-2/h7,10,16-21,25-28,31-34,39-40,42-43,55H,4-6,8-9,11-15,22-24,29-30,35-38,41,44-54H2,1-3H3/b10-7-,19-16-,20-17-,21-18-,27-25-,28-26-,33-31-,34-32-,42-39-,43-40-/t55-/m1/s1. The Morgan fingerprint density at radius 1 is 0.328 bits per heavy atom. The van der Waals surface area contributed by atoms with Gasteiger partial charge in [0.2, 0.25) is 0 Å². The molecule has 0 amide bonds. The summed E-state index contributed by atoms with van der Waals surface area (Å²) >= 11 is 0. The van der Waals surface area contributed by atoms with Crippen molar-refractivity contribution in [3.05, 3.63) is 122 Å². The van der Waals surface area contributed by atoms with Crippen molar-refractivity contribution in [2.45, 2.75) is 213 Å². The molecule has 0 aliphatic carbocycles. The Hall–Kier alpha value is -4.19. The Morgan fingerprint density at radius 2 is 0.625 bits per heavy atom. The van der Waals surface area contributed by atoms with E-state index in [1.165, 1.54) is 57.8 Å². The van der Waals surface area contributed by atoms with Crippen molar-refractivity contribution in [3.63, 3.8) is 0 Å². The number of unbranched alkanes of at least 4 members (excludes halogenated alkanes) is 13. The molecule has 0 aromatic heterocycles. The van der Waals surface area contributed by atoms with Crippen molar-refractivity contribution in [3.8, 4) is 0 Å². The normalized spacial score (nSPS) is 13.1. The molecule has 0 aromatic rings. The zero-order valence-corrected chi connectivity index (χ0v) is 41.0. The Morgan fingerprint density at radius 3 is 1.03 bits per heavy atom. The van der Waals surface area contributed by atoms with E-state index >= 15 is 0 Å². The van der Waals surface area contributed by atoms with Gasteiger partial charge in [-0.15, -0.1) is 0 Å². The van der Waals surface area contributed by atoms with E-state index in [2.05, 4.69) is 142 Å². The molecule has 0 heterocycles. The van der Waals surface area contributed by atoms with Crippen LogP contribution in [0.15, 0.2) is 122 Å². The number of allylic oxidation sites excluding steroid dienone is 20.